The SMILES string of the molecule is CCc1cc2ncc(N)c(C(F)(F)F)n2n1. The number of rotatable bonds is 1. The molecule has 0 radical (unpaired) electrons. The van der Waals surface area contributed by atoms with Crippen molar-refractivity contribution in [3.8, 4) is 0 Å². The van der Waals surface area contributed by atoms with Crippen molar-refractivity contribution < 1.29 is 13.2 Å². The summed E-state index contributed by atoms with van der Waals surface area (Å²) < 4.78 is 38.9. The zero-order valence-electron chi connectivity index (χ0n) is 8.41. The molecule has 0 aliphatic rings. The number of anilines is 1. The van der Waals surface area contributed by atoms with E-state index in [0.29, 0.717) is 12.1 Å². The summed E-state index contributed by atoms with van der Waals surface area (Å²) in [6.07, 6.45) is -3.00. The quantitative estimate of drug-likeness (QED) is 0.813. The van der Waals surface area contributed by atoms with E-state index >= 15 is 0 Å². The molecule has 0 saturated heterocycles. The highest BCUT2D eigenvalue weighted by atomic mass is 19.4. The summed E-state index contributed by atoms with van der Waals surface area (Å²) in [5.41, 5.74) is 4.58. The molecule has 16 heavy (non-hydrogen) atoms. The molecule has 0 atom stereocenters. The Hall–Kier alpha value is -1.79. The molecule has 2 heterocycles. The van der Waals surface area contributed by atoms with Crippen LogP contribution in [0.3, 0.4) is 0 Å². The molecule has 7 heteroatoms. The monoisotopic (exact) mass is 230 g/mol. The van der Waals surface area contributed by atoms with Gasteiger partial charge < -0.3 is 5.73 Å². The van der Waals surface area contributed by atoms with E-state index in [2.05, 4.69) is 10.1 Å². The van der Waals surface area contributed by atoms with E-state index in [0.717, 1.165) is 10.7 Å². The lowest BCUT2D eigenvalue weighted by atomic mass is 10.3. The molecule has 0 amide bonds. The predicted octanol–water partition coefficient (Wildman–Crippen LogP) is 1.89. The maximum atomic E-state index is 12.7. The molecule has 2 N–H and O–H groups in total. The minimum Gasteiger partial charge on any atom is -0.396 e. The van der Waals surface area contributed by atoms with Gasteiger partial charge in [-0.15, -0.1) is 0 Å². The van der Waals surface area contributed by atoms with Gasteiger partial charge in [-0.3, -0.25) is 0 Å². The van der Waals surface area contributed by atoms with E-state index in [-0.39, 0.29) is 5.65 Å². The van der Waals surface area contributed by atoms with Crippen LogP contribution in [0.25, 0.3) is 5.65 Å². The van der Waals surface area contributed by atoms with Crippen molar-refractivity contribution in [1.82, 2.24) is 14.6 Å². The van der Waals surface area contributed by atoms with Crippen LogP contribution in [0.1, 0.15) is 18.3 Å². The smallest absolute Gasteiger partial charge is 0.396 e. The van der Waals surface area contributed by atoms with Gasteiger partial charge in [0.15, 0.2) is 11.3 Å². The molecule has 2 aromatic heterocycles. The fourth-order valence-corrected chi connectivity index (χ4v) is 1.45. The number of aromatic nitrogens is 3. The van der Waals surface area contributed by atoms with Gasteiger partial charge in [-0.05, 0) is 6.42 Å². The van der Waals surface area contributed by atoms with Gasteiger partial charge >= 0.3 is 6.18 Å². The van der Waals surface area contributed by atoms with Crippen molar-refractivity contribution in [2.75, 3.05) is 5.73 Å². The Labute approximate surface area is 88.9 Å². The maximum absolute atomic E-state index is 12.7. The van der Waals surface area contributed by atoms with Gasteiger partial charge in [0.25, 0.3) is 0 Å². The highest BCUT2D eigenvalue weighted by molar-refractivity contribution is 5.51. The Morgan fingerprint density at radius 2 is 2.12 bits per heavy atom. The van der Waals surface area contributed by atoms with Crippen molar-refractivity contribution in [1.29, 1.82) is 0 Å². The molecule has 2 aromatic rings. The second-order valence-corrected chi connectivity index (χ2v) is 3.32. The van der Waals surface area contributed by atoms with Gasteiger partial charge in [-0.2, -0.15) is 18.3 Å². The first-order valence-electron chi connectivity index (χ1n) is 4.63. The third-order valence-electron chi connectivity index (χ3n) is 2.19. The molecule has 0 aromatic carbocycles. The van der Waals surface area contributed by atoms with Crippen LogP contribution in [-0.4, -0.2) is 14.6 Å². The summed E-state index contributed by atoms with van der Waals surface area (Å²) in [5, 5.41) is 3.81. The number of hydrogen-bond acceptors (Lipinski definition) is 3. The Morgan fingerprint density at radius 1 is 1.44 bits per heavy atom. The van der Waals surface area contributed by atoms with Gasteiger partial charge in [0.05, 0.1) is 17.6 Å². The Kier molecular flexibility index (Phi) is 2.25. The van der Waals surface area contributed by atoms with Crippen LogP contribution in [0.2, 0.25) is 0 Å². The minimum atomic E-state index is -4.54. The molecule has 0 bridgehead atoms. The molecule has 0 saturated carbocycles. The molecule has 0 fully saturated rings. The topological polar surface area (TPSA) is 56.2 Å². The van der Waals surface area contributed by atoms with E-state index in [9.17, 15) is 13.2 Å². The Morgan fingerprint density at radius 3 is 2.69 bits per heavy atom. The summed E-state index contributed by atoms with van der Waals surface area (Å²) in [6.45, 7) is 1.80. The number of halogens is 3. The molecular formula is C9H9F3N4. The van der Waals surface area contributed by atoms with E-state index in [1.807, 2.05) is 0 Å². The van der Waals surface area contributed by atoms with E-state index in [1.54, 1.807) is 6.92 Å². The number of fused-ring (bicyclic) bond motifs is 1. The summed E-state index contributed by atoms with van der Waals surface area (Å²) in [4.78, 5) is 3.80. The van der Waals surface area contributed by atoms with Crippen molar-refractivity contribution >= 4 is 11.3 Å². The van der Waals surface area contributed by atoms with Crippen LogP contribution in [-0.2, 0) is 12.6 Å². The predicted molar refractivity (Wildman–Crippen MR) is 51.8 cm³/mol. The van der Waals surface area contributed by atoms with Crippen LogP contribution in [0, 0.1) is 0 Å². The van der Waals surface area contributed by atoms with E-state index in [4.69, 9.17) is 5.73 Å². The molecule has 0 spiro atoms. The maximum Gasteiger partial charge on any atom is 0.435 e. The van der Waals surface area contributed by atoms with E-state index in [1.165, 1.54) is 6.07 Å². The fraction of sp³-hybridized carbons (Fsp3) is 0.333. The number of aryl methyl sites for hydroxylation is 1. The van der Waals surface area contributed by atoms with Crippen LogP contribution >= 0.6 is 0 Å². The second kappa shape index (κ2) is 3.36. The Bertz CT molecular complexity index is 529. The molecule has 2 rings (SSSR count). The molecule has 4 nitrogen and oxygen atoms in total. The molecular weight excluding hydrogens is 221 g/mol. The highest BCUT2D eigenvalue weighted by Crippen LogP contribution is 2.33. The average molecular weight is 230 g/mol. The highest BCUT2D eigenvalue weighted by Gasteiger charge is 2.37. The van der Waals surface area contributed by atoms with Gasteiger partial charge in [-0.25, -0.2) is 9.50 Å². The number of hydrogen-bond donors (Lipinski definition) is 1. The zero-order valence-corrected chi connectivity index (χ0v) is 8.41. The van der Waals surface area contributed by atoms with Gasteiger partial charge in [0, 0.05) is 6.07 Å². The molecule has 86 valence electrons. The largest absolute Gasteiger partial charge is 0.435 e. The first-order chi connectivity index (χ1) is 7.43. The van der Waals surface area contributed by atoms with Crippen molar-refractivity contribution in [3.63, 3.8) is 0 Å². The first-order valence-corrected chi connectivity index (χ1v) is 4.63. The first kappa shape index (κ1) is 10.7. The number of nitrogens with zero attached hydrogens (tertiary/aromatic N) is 3. The molecule has 0 aliphatic carbocycles. The van der Waals surface area contributed by atoms with Crippen molar-refractivity contribution in [3.05, 3.63) is 23.7 Å². The third-order valence-corrected chi connectivity index (χ3v) is 2.19. The van der Waals surface area contributed by atoms with Gasteiger partial charge in [-0.1, -0.05) is 6.92 Å². The number of nitrogens with two attached hydrogens (primary N) is 1. The summed E-state index contributed by atoms with van der Waals surface area (Å²) in [7, 11) is 0. The summed E-state index contributed by atoms with van der Waals surface area (Å²) >= 11 is 0. The average Bonchev–Trinajstić information content (AvgIpc) is 2.57. The van der Waals surface area contributed by atoms with E-state index < -0.39 is 17.6 Å². The lowest BCUT2D eigenvalue weighted by Crippen LogP contribution is -2.16. The Balaban J connectivity index is 2.78. The number of alkyl halides is 3. The number of nitrogen functional groups attached to an aromatic ring is 1. The van der Waals surface area contributed by atoms with Gasteiger partial charge in [0.1, 0.15) is 0 Å². The van der Waals surface area contributed by atoms with Crippen molar-refractivity contribution in [2.24, 2.45) is 0 Å². The lowest BCUT2D eigenvalue weighted by molar-refractivity contribution is -0.141. The third kappa shape index (κ3) is 1.58. The normalized spacial score (nSPS) is 12.2. The lowest BCUT2D eigenvalue weighted by Gasteiger charge is -2.10. The molecule has 0 aliphatic heterocycles. The van der Waals surface area contributed by atoms with Crippen molar-refractivity contribution in [2.45, 2.75) is 19.5 Å². The zero-order chi connectivity index (χ0) is 11.9. The van der Waals surface area contributed by atoms with Crippen LogP contribution in [0.5, 0.6) is 0 Å². The molecule has 0 unspecified atom stereocenters. The fourth-order valence-electron chi connectivity index (χ4n) is 1.45. The minimum absolute atomic E-state index is 0.151. The van der Waals surface area contributed by atoms with Gasteiger partial charge in [0.2, 0.25) is 0 Å². The summed E-state index contributed by atoms with van der Waals surface area (Å²) in [6, 6.07) is 1.51. The van der Waals surface area contributed by atoms with Crippen LogP contribution < -0.4 is 5.73 Å². The standard InChI is InChI=1S/C9H9F3N4/c1-2-5-3-7-14-4-6(13)8(9(10,11)12)16(7)15-5/h3-4H,2,13H2,1H3. The van der Waals surface area contributed by atoms with Crippen LogP contribution in [0.15, 0.2) is 12.3 Å². The van der Waals surface area contributed by atoms with Crippen LogP contribution in [0.4, 0.5) is 18.9 Å². The second-order valence-electron chi connectivity index (χ2n) is 3.32. The summed E-state index contributed by atoms with van der Waals surface area (Å²) in [5.74, 6) is 0.